The monoisotopic (exact) mass is 808 g/mol. The lowest BCUT2D eigenvalue weighted by Gasteiger charge is -2.11. The van der Waals surface area contributed by atoms with Crippen molar-refractivity contribution < 1.29 is 44.5 Å². The van der Waals surface area contributed by atoms with E-state index in [0.717, 1.165) is 29.4 Å². The Morgan fingerprint density at radius 3 is 2.33 bits per heavy atom. The number of rotatable bonds is 14. The van der Waals surface area contributed by atoms with Crippen LogP contribution in [0.2, 0.25) is 5.28 Å². The van der Waals surface area contributed by atoms with Gasteiger partial charge in [-0.05, 0) is 84.6 Å². The van der Waals surface area contributed by atoms with Gasteiger partial charge in [0.15, 0.2) is 10.9 Å². The second-order valence-corrected chi connectivity index (χ2v) is 14.2. The highest BCUT2D eigenvalue weighted by Crippen LogP contribution is 2.42. The van der Waals surface area contributed by atoms with Crippen molar-refractivity contribution >= 4 is 107 Å². The number of fused-ring (bicyclic) bond motifs is 1. The molecular weight excluding hydrogens is 784 g/mol. The van der Waals surface area contributed by atoms with Gasteiger partial charge in [-0.25, -0.2) is 9.07 Å². The van der Waals surface area contributed by atoms with E-state index in [1.807, 2.05) is 31.2 Å². The number of anilines is 3. The molecule has 5 N–H and O–H groups in total. The van der Waals surface area contributed by atoms with Crippen molar-refractivity contribution in [2.45, 2.75) is 16.7 Å². The Hall–Kier alpha value is -4.49. The normalized spacial score (nSPS) is 12.4. The van der Waals surface area contributed by atoms with Crippen LogP contribution in [-0.2, 0) is 33.9 Å². The third-order valence-electron chi connectivity index (χ3n) is 6.37. The Morgan fingerprint density at radius 2 is 1.63 bits per heavy atom. The van der Waals surface area contributed by atoms with E-state index in [1.54, 1.807) is 18.2 Å². The quantitative estimate of drug-likeness (QED) is 0.00767. The minimum atomic E-state index is -4.91. The first-order valence-electron chi connectivity index (χ1n) is 14.3. The molecule has 52 heavy (non-hydrogen) atoms. The number of aliphatic imine (C=N–C) groups is 1. The molecular formula is C29H25ClN8O10S4. The number of thiol groups is 1. The Bertz CT molecular complexity index is 2370. The predicted molar refractivity (Wildman–Crippen MR) is 195 cm³/mol. The number of aryl methyl sites for hydroxylation is 1. The highest BCUT2D eigenvalue weighted by atomic mass is 35.5. The smallest absolute Gasteiger partial charge is 0.397 e. The fraction of sp³-hybridized carbons (Fsp3) is 0.103. The summed E-state index contributed by atoms with van der Waals surface area (Å²) < 4.78 is 73.2. The third kappa shape index (κ3) is 11.3. The molecule has 1 heterocycles. The van der Waals surface area contributed by atoms with Crippen molar-refractivity contribution in [3.05, 3.63) is 83.6 Å². The Balaban J connectivity index is 1.31. The highest BCUT2D eigenvalue weighted by Gasteiger charge is 2.22. The summed E-state index contributed by atoms with van der Waals surface area (Å²) in [6.45, 7) is 1.20. The molecule has 23 heteroatoms. The second-order valence-electron chi connectivity index (χ2n) is 10.2. The van der Waals surface area contributed by atoms with Gasteiger partial charge in [0, 0.05) is 21.7 Å². The zero-order valence-corrected chi connectivity index (χ0v) is 30.4. The average molecular weight is 809 g/mol. The van der Waals surface area contributed by atoms with E-state index in [4.69, 9.17) is 25.4 Å². The average Bonchev–Trinajstić information content (AvgIpc) is 3.06. The number of hydrogen-bond donors (Lipinski definition) is 6. The van der Waals surface area contributed by atoms with Crippen molar-refractivity contribution in [3.63, 3.8) is 0 Å². The van der Waals surface area contributed by atoms with E-state index >= 15 is 0 Å². The number of azo groups is 1. The van der Waals surface area contributed by atoms with Crippen LogP contribution in [0.25, 0.3) is 10.8 Å². The lowest BCUT2D eigenvalue weighted by Crippen LogP contribution is -2.09. The lowest BCUT2D eigenvalue weighted by molar-refractivity contribution is -0.195. The molecule has 0 aliphatic heterocycles. The Morgan fingerprint density at radius 1 is 0.923 bits per heavy atom. The fourth-order valence-corrected chi connectivity index (χ4v) is 5.89. The largest absolute Gasteiger partial charge is 0.505 e. The molecule has 0 saturated heterocycles. The number of aromatic nitrogens is 3. The van der Waals surface area contributed by atoms with E-state index in [2.05, 4.69) is 57.6 Å². The van der Waals surface area contributed by atoms with Gasteiger partial charge in [0.05, 0.1) is 24.3 Å². The summed E-state index contributed by atoms with van der Waals surface area (Å²) >= 11 is 11.2. The minimum Gasteiger partial charge on any atom is -0.505 e. The zero-order chi connectivity index (χ0) is 37.5. The summed E-state index contributed by atoms with van der Waals surface area (Å²) in [5.41, 5.74) is 1.90. The van der Waals surface area contributed by atoms with Gasteiger partial charge in [0.1, 0.15) is 17.2 Å². The maximum atomic E-state index is 12.4. The predicted octanol–water partition coefficient (Wildman–Crippen LogP) is 6.90. The zero-order valence-electron chi connectivity index (χ0n) is 26.3. The standard InChI is InChI=1S/C29H25ClN8O10S4/c1-16-2-4-18(5-3-16)32-29(49)36-28-34-26(30)33-27(35-28)31-20-8-11-22-17(14-20)15-23(51(40,41)42)24(25(22)39)38-37-19-6-9-21(10-7-19)50-48-46-12-13-47-52(43,44)45/h2-11,14-15,39H,12-13H2,1H3,(H,40,41,42)(H,43,44,45)(H3,31,32,33,34,35,36,49). The number of benzene rings is 4. The molecule has 0 amide bonds. The molecule has 0 atom stereocenters. The number of halogens is 1. The van der Waals surface area contributed by atoms with E-state index in [-0.39, 0.29) is 45.4 Å². The van der Waals surface area contributed by atoms with Crippen molar-refractivity contribution in [3.8, 4) is 5.75 Å². The van der Waals surface area contributed by atoms with Crippen molar-refractivity contribution in [2.75, 3.05) is 23.8 Å². The van der Waals surface area contributed by atoms with Gasteiger partial charge in [-0.1, -0.05) is 17.7 Å². The summed E-state index contributed by atoms with van der Waals surface area (Å²) in [7, 11) is -9.49. The Labute approximate surface area is 310 Å². The molecule has 5 rings (SSSR count). The van der Waals surface area contributed by atoms with Gasteiger partial charge >= 0.3 is 10.4 Å². The van der Waals surface area contributed by atoms with E-state index in [0.29, 0.717) is 10.6 Å². The Kier molecular flexibility index (Phi) is 12.6. The summed E-state index contributed by atoms with van der Waals surface area (Å²) in [5.74, 6) is -0.640. The first-order chi connectivity index (χ1) is 24.6. The lowest BCUT2D eigenvalue weighted by atomic mass is 10.1. The van der Waals surface area contributed by atoms with E-state index < -0.39 is 43.5 Å². The number of aromatic hydroxyl groups is 1. The summed E-state index contributed by atoms with van der Waals surface area (Å²) in [6, 6.07) is 19.2. The molecule has 18 nitrogen and oxygen atoms in total. The molecule has 0 bridgehead atoms. The van der Waals surface area contributed by atoms with Crippen molar-refractivity contribution in [1.82, 2.24) is 15.0 Å². The van der Waals surface area contributed by atoms with Gasteiger partial charge in [-0.15, -0.1) is 17.7 Å². The van der Waals surface area contributed by atoms with Gasteiger partial charge < -0.3 is 15.7 Å². The topological polar surface area (TPSA) is 256 Å². The molecule has 0 spiro atoms. The van der Waals surface area contributed by atoms with E-state index in [1.165, 1.54) is 24.3 Å². The maximum absolute atomic E-state index is 12.4. The van der Waals surface area contributed by atoms with Crippen LogP contribution >= 0.6 is 36.3 Å². The molecule has 0 radical (unpaired) electrons. The number of nitrogens with zero attached hydrogens (tertiary/aromatic N) is 6. The number of amidine groups is 1. The molecule has 0 fully saturated rings. The molecule has 1 aromatic heterocycles. The van der Waals surface area contributed by atoms with Crippen LogP contribution in [0.1, 0.15) is 5.56 Å². The number of hydrogen-bond acceptors (Lipinski definition) is 16. The van der Waals surface area contributed by atoms with Crippen molar-refractivity contribution in [2.24, 2.45) is 15.2 Å². The second kappa shape index (κ2) is 16.9. The van der Waals surface area contributed by atoms with Crippen LogP contribution < -0.4 is 10.6 Å². The van der Waals surface area contributed by atoms with Crippen LogP contribution in [0, 0.1) is 6.92 Å². The van der Waals surface area contributed by atoms with Crippen LogP contribution in [0.5, 0.6) is 5.75 Å². The number of nitrogens with one attached hydrogen (secondary N) is 2. The molecule has 0 aliphatic rings. The summed E-state index contributed by atoms with van der Waals surface area (Å²) in [6.07, 6.45) is 0. The molecule has 0 unspecified atom stereocenters. The summed E-state index contributed by atoms with van der Waals surface area (Å²) in [5, 5.41) is 25.3. The van der Waals surface area contributed by atoms with Gasteiger partial charge in [0.2, 0.25) is 11.2 Å². The molecule has 272 valence electrons. The molecule has 0 aliphatic carbocycles. The van der Waals surface area contributed by atoms with Crippen molar-refractivity contribution in [1.29, 1.82) is 0 Å². The molecule has 0 saturated carbocycles. The van der Waals surface area contributed by atoms with Crippen LogP contribution in [0.15, 0.2) is 97.8 Å². The fourth-order valence-electron chi connectivity index (χ4n) is 4.13. The first-order valence-corrected chi connectivity index (χ1v) is 18.7. The van der Waals surface area contributed by atoms with Gasteiger partial charge in [0.25, 0.3) is 16.1 Å². The van der Waals surface area contributed by atoms with Crippen LogP contribution in [0.3, 0.4) is 0 Å². The first kappa shape index (κ1) is 38.7. The maximum Gasteiger partial charge on any atom is 0.397 e. The van der Waals surface area contributed by atoms with Crippen LogP contribution in [0.4, 0.5) is 34.6 Å². The minimum absolute atomic E-state index is 0.00648. The summed E-state index contributed by atoms with van der Waals surface area (Å²) in [4.78, 5) is 21.0. The molecule has 5 aromatic rings. The SMILES string of the molecule is Cc1ccc(NC(S)=Nc2nc(Cl)nc(Nc3ccc4c(O)c(N=Nc5ccc(SOOCCOS(=O)(=O)O)cc5)c(S(=O)(=O)O)cc4c3)n2)cc1. The third-order valence-corrected chi connectivity index (χ3v) is 8.72. The van der Waals surface area contributed by atoms with Gasteiger partial charge in [-0.3, -0.25) is 9.11 Å². The van der Waals surface area contributed by atoms with E-state index in [9.17, 15) is 26.5 Å². The highest BCUT2D eigenvalue weighted by molar-refractivity contribution is 7.97. The van der Waals surface area contributed by atoms with Crippen LogP contribution in [-0.4, -0.2) is 64.4 Å². The molecule has 4 aromatic carbocycles. The number of phenolic OH excluding ortho intramolecular Hbond substituents is 1. The number of phenols is 1. The van der Waals surface area contributed by atoms with Gasteiger partial charge in [-0.2, -0.15) is 46.2 Å².